The van der Waals surface area contributed by atoms with Gasteiger partial charge in [-0.15, -0.1) is 10.2 Å². The van der Waals surface area contributed by atoms with Gasteiger partial charge in [-0.1, -0.05) is 30.7 Å². The van der Waals surface area contributed by atoms with Crippen LogP contribution in [-0.4, -0.2) is 32.1 Å². The Bertz CT molecular complexity index is 821. The number of likely N-dealkylation sites (tertiary alicyclic amines) is 1. The largest absolute Gasteiger partial charge is 0.481 e. The predicted molar refractivity (Wildman–Crippen MR) is 98.1 cm³/mol. The summed E-state index contributed by atoms with van der Waals surface area (Å²) in [5.41, 5.74) is 0.955. The predicted octanol–water partition coefficient (Wildman–Crippen LogP) is 3.94. The maximum Gasteiger partial charge on any atom is 0.304 e. The van der Waals surface area contributed by atoms with E-state index in [1.807, 2.05) is 19.1 Å². The second-order valence-corrected chi connectivity index (χ2v) is 7.20. The SMILES string of the molecule is CC[C@@H](c1nnc(C)o1)N1C(=O)[C@@H](CC(=O)O)CC[C@H]1c1ccc(Cl)cc1. The van der Waals surface area contributed by atoms with Crippen molar-refractivity contribution in [1.29, 1.82) is 0 Å². The van der Waals surface area contributed by atoms with Gasteiger partial charge >= 0.3 is 5.97 Å². The molecule has 1 N–H and O–H groups in total. The summed E-state index contributed by atoms with van der Waals surface area (Å²) in [6.45, 7) is 3.64. The summed E-state index contributed by atoms with van der Waals surface area (Å²) in [6.07, 6.45) is 1.59. The molecule has 0 spiro atoms. The first kappa shape index (κ1) is 19.4. The molecule has 3 atom stereocenters. The maximum absolute atomic E-state index is 13.2. The number of halogens is 1. The molecule has 1 aromatic heterocycles. The van der Waals surface area contributed by atoms with E-state index >= 15 is 0 Å². The number of piperidine rings is 1. The second kappa shape index (κ2) is 8.08. The Hall–Kier alpha value is -2.41. The number of aliphatic carboxylic acids is 1. The number of hydrogen-bond acceptors (Lipinski definition) is 5. The summed E-state index contributed by atoms with van der Waals surface area (Å²) in [5, 5.41) is 17.8. The van der Waals surface area contributed by atoms with Crippen LogP contribution in [0.25, 0.3) is 0 Å². The number of aryl methyl sites for hydroxylation is 1. The van der Waals surface area contributed by atoms with Crippen molar-refractivity contribution in [3.63, 3.8) is 0 Å². The Morgan fingerprint density at radius 3 is 2.59 bits per heavy atom. The van der Waals surface area contributed by atoms with E-state index in [-0.39, 0.29) is 18.4 Å². The fraction of sp³-hybridized carbons (Fsp3) is 0.474. The highest BCUT2D eigenvalue weighted by molar-refractivity contribution is 6.30. The lowest BCUT2D eigenvalue weighted by atomic mass is 9.85. The molecule has 27 heavy (non-hydrogen) atoms. The highest BCUT2D eigenvalue weighted by Gasteiger charge is 2.42. The number of nitrogens with zero attached hydrogens (tertiary/aromatic N) is 3. The number of carbonyl (C=O) groups is 2. The molecule has 1 fully saturated rings. The monoisotopic (exact) mass is 391 g/mol. The Balaban J connectivity index is 1.99. The van der Waals surface area contributed by atoms with Crippen LogP contribution in [0.4, 0.5) is 0 Å². The van der Waals surface area contributed by atoms with Gasteiger partial charge < -0.3 is 14.4 Å². The van der Waals surface area contributed by atoms with Crippen molar-refractivity contribution in [3.05, 3.63) is 46.6 Å². The van der Waals surface area contributed by atoms with E-state index in [2.05, 4.69) is 10.2 Å². The van der Waals surface area contributed by atoms with Crippen molar-refractivity contribution >= 4 is 23.5 Å². The first-order chi connectivity index (χ1) is 12.9. The number of amides is 1. The van der Waals surface area contributed by atoms with Gasteiger partial charge in [0.15, 0.2) is 0 Å². The van der Waals surface area contributed by atoms with Gasteiger partial charge in [-0.05, 0) is 37.0 Å². The third-order valence-electron chi connectivity index (χ3n) is 4.95. The molecule has 2 aromatic rings. The van der Waals surface area contributed by atoms with Crippen LogP contribution < -0.4 is 0 Å². The molecular weight excluding hydrogens is 370 g/mol. The van der Waals surface area contributed by atoms with Crippen LogP contribution in [0.15, 0.2) is 28.7 Å². The minimum atomic E-state index is -0.972. The number of carboxylic acids is 1. The molecule has 144 valence electrons. The molecule has 1 aliphatic rings. The molecule has 0 bridgehead atoms. The van der Waals surface area contributed by atoms with Crippen LogP contribution in [0.5, 0.6) is 0 Å². The first-order valence-electron chi connectivity index (χ1n) is 9.00. The van der Waals surface area contributed by atoms with Crippen molar-refractivity contribution in [2.75, 3.05) is 0 Å². The third-order valence-corrected chi connectivity index (χ3v) is 5.21. The van der Waals surface area contributed by atoms with Crippen molar-refractivity contribution < 1.29 is 19.1 Å². The minimum absolute atomic E-state index is 0.179. The standard InChI is InChI=1S/C19H22ClN3O4/c1-3-15(18-22-21-11(2)27-18)23-16(12-4-7-14(20)8-5-12)9-6-13(19(23)26)10-17(24)25/h4-5,7-8,13,15-16H,3,6,9-10H2,1-2H3,(H,24,25)/t13-,15+,16+/m1/s1. The molecule has 8 heteroatoms. The zero-order valence-corrected chi connectivity index (χ0v) is 16.0. The number of benzene rings is 1. The van der Waals surface area contributed by atoms with Gasteiger partial charge in [0.2, 0.25) is 17.7 Å². The molecule has 0 saturated carbocycles. The summed E-state index contributed by atoms with van der Waals surface area (Å²) < 4.78 is 5.60. The molecular formula is C19H22ClN3O4. The van der Waals surface area contributed by atoms with Crippen molar-refractivity contribution in [3.8, 4) is 0 Å². The lowest BCUT2D eigenvalue weighted by molar-refractivity contribution is -0.152. The zero-order valence-electron chi connectivity index (χ0n) is 15.3. The number of carbonyl (C=O) groups excluding carboxylic acids is 1. The highest BCUT2D eigenvalue weighted by Crippen LogP contribution is 2.42. The zero-order chi connectivity index (χ0) is 19.6. The molecule has 3 rings (SSSR count). The quantitative estimate of drug-likeness (QED) is 0.801. The van der Waals surface area contributed by atoms with E-state index in [1.165, 1.54) is 0 Å². The van der Waals surface area contributed by atoms with Gasteiger partial charge in [0, 0.05) is 17.9 Å². The average molecular weight is 392 g/mol. The van der Waals surface area contributed by atoms with Gasteiger partial charge in [-0.2, -0.15) is 0 Å². The van der Waals surface area contributed by atoms with Crippen LogP contribution in [0.1, 0.15) is 62.0 Å². The molecule has 1 aromatic carbocycles. The number of hydrogen-bond donors (Lipinski definition) is 1. The molecule has 0 aliphatic carbocycles. The first-order valence-corrected chi connectivity index (χ1v) is 9.38. The molecule has 1 amide bonds. The Morgan fingerprint density at radius 1 is 1.33 bits per heavy atom. The maximum atomic E-state index is 13.2. The van der Waals surface area contributed by atoms with Crippen molar-refractivity contribution in [1.82, 2.24) is 15.1 Å². The van der Waals surface area contributed by atoms with Crippen molar-refractivity contribution in [2.45, 2.75) is 51.6 Å². The second-order valence-electron chi connectivity index (χ2n) is 6.77. The van der Waals surface area contributed by atoms with E-state index in [1.54, 1.807) is 24.0 Å². The summed E-state index contributed by atoms with van der Waals surface area (Å²) in [6, 6.07) is 6.78. The van der Waals surface area contributed by atoms with Gasteiger partial charge in [-0.25, -0.2) is 0 Å². The smallest absolute Gasteiger partial charge is 0.304 e. The molecule has 7 nitrogen and oxygen atoms in total. The normalized spacial score (nSPS) is 21.3. The average Bonchev–Trinajstić information content (AvgIpc) is 3.05. The van der Waals surface area contributed by atoms with Crippen LogP contribution >= 0.6 is 11.6 Å². The van der Waals surface area contributed by atoms with Crippen LogP contribution in [0.3, 0.4) is 0 Å². The molecule has 0 unspecified atom stereocenters. The summed E-state index contributed by atoms with van der Waals surface area (Å²) >= 11 is 6.01. The molecule has 1 aliphatic heterocycles. The molecule has 1 saturated heterocycles. The third kappa shape index (κ3) is 4.13. The lowest BCUT2D eigenvalue weighted by Gasteiger charge is -2.42. The van der Waals surface area contributed by atoms with Gasteiger partial charge in [0.05, 0.1) is 12.5 Å². The van der Waals surface area contributed by atoms with Gasteiger partial charge in [0.1, 0.15) is 6.04 Å². The van der Waals surface area contributed by atoms with E-state index < -0.39 is 17.9 Å². The summed E-state index contributed by atoms with van der Waals surface area (Å²) in [7, 11) is 0. The summed E-state index contributed by atoms with van der Waals surface area (Å²) in [5.74, 6) is -0.910. The van der Waals surface area contributed by atoms with Crippen molar-refractivity contribution in [2.24, 2.45) is 5.92 Å². The van der Waals surface area contributed by atoms with E-state index in [9.17, 15) is 14.7 Å². The van der Waals surface area contributed by atoms with E-state index in [0.29, 0.717) is 36.1 Å². The number of rotatable bonds is 6. The molecule has 0 radical (unpaired) electrons. The fourth-order valence-corrected chi connectivity index (χ4v) is 3.83. The van der Waals surface area contributed by atoms with Gasteiger partial charge in [-0.3, -0.25) is 9.59 Å². The Labute approximate surface area is 162 Å². The van der Waals surface area contributed by atoms with Crippen LogP contribution in [0.2, 0.25) is 5.02 Å². The Kier molecular flexibility index (Phi) is 5.79. The molecule has 2 heterocycles. The van der Waals surface area contributed by atoms with E-state index in [4.69, 9.17) is 16.0 Å². The summed E-state index contributed by atoms with van der Waals surface area (Å²) in [4.78, 5) is 26.2. The van der Waals surface area contributed by atoms with Crippen LogP contribution in [-0.2, 0) is 9.59 Å². The fourth-order valence-electron chi connectivity index (χ4n) is 3.71. The van der Waals surface area contributed by atoms with E-state index in [0.717, 1.165) is 5.56 Å². The number of carboxylic acid groups (broad SMARTS) is 1. The number of aromatic nitrogens is 2. The lowest BCUT2D eigenvalue weighted by Crippen LogP contribution is -2.46. The van der Waals surface area contributed by atoms with Crippen LogP contribution in [0, 0.1) is 12.8 Å². The topological polar surface area (TPSA) is 96.5 Å². The van der Waals surface area contributed by atoms with Gasteiger partial charge in [0.25, 0.3) is 0 Å². The highest BCUT2D eigenvalue weighted by atomic mass is 35.5. The Morgan fingerprint density at radius 2 is 2.04 bits per heavy atom. The minimum Gasteiger partial charge on any atom is -0.481 e.